The van der Waals surface area contributed by atoms with Gasteiger partial charge in [0.25, 0.3) is 0 Å². The van der Waals surface area contributed by atoms with Gasteiger partial charge in [-0.05, 0) is 64.2 Å². The number of anilines is 2. The van der Waals surface area contributed by atoms with Gasteiger partial charge < -0.3 is 9.47 Å². The molecule has 9 aromatic rings. The average Bonchev–Trinajstić information content (AvgIpc) is 3.77. The van der Waals surface area contributed by atoms with E-state index in [2.05, 4.69) is 125 Å². The standard InChI is InChI=1S/C48H32N4/c1-3-15-31(16-4-1)46-39-23-9-12-24-42(39)49-48(50-46)52-44-26-14-11-21-36(44)41-30-40(34-19-7-8-22-38(34)47(41)52)32-27-28-37-35-20-10-13-25-43(35)51(45(37)29-32)33-17-5-2-6-18-33/h1-30,41,47H/i1D,3D,4D,15D,16D. The van der Waals surface area contributed by atoms with Crippen LogP contribution < -0.4 is 4.90 Å². The first-order valence-electron chi connectivity index (χ1n) is 20.0. The number of benzene rings is 7. The van der Waals surface area contributed by atoms with Crippen molar-refractivity contribution in [1.82, 2.24) is 14.5 Å². The molecule has 0 saturated carbocycles. The number of hydrogen-bond donors (Lipinski definition) is 0. The maximum atomic E-state index is 8.88. The van der Waals surface area contributed by atoms with Crippen LogP contribution in [0.15, 0.2) is 182 Å². The van der Waals surface area contributed by atoms with E-state index in [0.717, 1.165) is 50.2 Å². The molecule has 0 amide bonds. The second-order valence-corrected chi connectivity index (χ2v) is 13.4. The van der Waals surface area contributed by atoms with E-state index in [1.807, 2.05) is 36.4 Å². The van der Waals surface area contributed by atoms with Crippen molar-refractivity contribution in [2.75, 3.05) is 4.90 Å². The van der Waals surface area contributed by atoms with Gasteiger partial charge in [0.15, 0.2) is 0 Å². The van der Waals surface area contributed by atoms with Gasteiger partial charge in [-0.15, -0.1) is 0 Å². The Kier molecular flexibility index (Phi) is 5.33. The Balaban J connectivity index is 1.13. The van der Waals surface area contributed by atoms with Crippen LogP contribution in [0.2, 0.25) is 0 Å². The number of fused-ring (bicyclic) bond motifs is 9. The molecular weight excluding hydrogens is 633 g/mol. The van der Waals surface area contributed by atoms with Crippen molar-refractivity contribution in [1.29, 1.82) is 0 Å². The third-order valence-electron chi connectivity index (χ3n) is 10.6. The van der Waals surface area contributed by atoms with Crippen molar-refractivity contribution in [2.24, 2.45) is 0 Å². The first kappa shape index (κ1) is 24.4. The van der Waals surface area contributed by atoms with Gasteiger partial charge >= 0.3 is 0 Å². The highest BCUT2D eigenvalue weighted by molar-refractivity contribution is 6.10. The van der Waals surface area contributed by atoms with Gasteiger partial charge in [-0.2, -0.15) is 0 Å². The Morgan fingerprint density at radius 2 is 1.27 bits per heavy atom. The van der Waals surface area contributed by atoms with Crippen LogP contribution in [0.1, 0.15) is 41.1 Å². The second-order valence-electron chi connectivity index (χ2n) is 13.4. The summed E-state index contributed by atoms with van der Waals surface area (Å²) in [7, 11) is 0. The minimum atomic E-state index is -0.439. The van der Waals surface area contributed by atoms with E-state index >= 15 is 0 Å². The number of aromatic nitrogens is 3. The molecule has 0 spiro atoms. The van der Waals surface area contributed by atoms with Crippen molar-refractivity contribution < 1.29 is 6.85 Å². The molecule has 4 heteroatoms. The number of nitrogens with zero attached hydrogens (tertiary/aromatic N) is 4. The minimum absolute atomic E-state index is 0.0550. The molecular formula is C48H32N4. The fourth-order valence-corrected chi connectivity index (χ4v) is 8.46. The summed E-state index contributed by atoms with van der Waals surface area (Å²) in [6, 6.07) is 48.2. The molecule has 2 atom stereocenters. The Hall–Kier alpha value is -6.78. The highest BCUT2D eigenvalue weighted by atomic mass is 15.3. The Morgan fingerprint density at radius 1 is 0.558 bits per heavy atom. The van der Waals surface area contributed by atoms with Crippen molar-refractivity contribution in [3.8, 4) is 16.9 Å². The molecule has 4 nitrogen and oxygen atoms in total. The fraction of sp³-hybridized carbons (Fsp3) is 0.0417. The lowest BCUT2D eigenvalue weighted by atomic mass is 9.77. The van der Waals surface area contributed by atoms with E-state index in [1.54, 1.807) is 0 Å². The summed E-state index contributed by atoms with van der Waals surface area (Å²) in [5.41, 5.74) is 11.0. The van der Waals surface area contributed by atoms with Crippen LogP contribution in [0, 0.1) is 0 Å². The van der Waals surface area contributed by atoms with E-state index < -0.39 is 18.1 Å². The first-order chi connectivity index (χ1) is 27.9. The highest BCUT2D eigenvalue weighted by Crippen LogP contribution is 2.57. The average molecular weight is 670 g/mol. The monoisotopic (exact) mass is 669 g/mol. The summed E-state index contributed by atoms with van der Waals surface area (Å²) < 4.78 is 45.3. The van der Waals surface area contributed by atoms with Crippen LogP contribution in [0.25, 0.3) is 55.2 Å². The van der Waals surface area contributed by atoms with Crippen molar-refractivity contribution >= 4 is 49.9 Å². The summed E-state index contributed by atoms with van der Waals surface area (Å²) in [5, 5.41) is 3.01. The van der Waals surface area contributed by atoms with Crippen molar-refractivity contribution in [3.63, 3.8) is 0 Å². The summed E-state index contributed by atoms with van der Waals surface area (Å²) in [5.74, 6) is 0.331. The molecule has 0 bridgehead atoms. The molecule has 52 heavy (non-hydrogen) atoms. The van der Waals surface area contributed by atoms with E-state index in [9.17, 15) is 0 Å². The first-order valence-corrected chi connectivity index (χ1v) is 17.5. The highest BCUT2D eigenvalue weighted by Gasteiger charge is 2.44. The molecule has 1 aliphatic carbocycles. The maximum Gasteiger partial charge on any atom is 0.231 e. The third kappa shape index (κ3) is 4.28. The molecule has 11 rings (SSSR count). The lowest BCUT2D eigenvalue weighted by Gasteiger charge is -2.34. The Labute approximate surface area is 308 Å². The zero-order chi connectivity index (χ0) is 38.5. The molecule has 3 heterocycles. The van der Waals surface area contributed by atoms with Crippen LogP contribution >= 0.6 is 0 Å². The van der Waals surface area contributed by atoms with Gasteiger partial charge in [-0.1, -0.05) is 145 Å². The predicted octanol–water partition coefficient (Wildman–Crippen LogP) is 11.8. The second kappa shape index (κ2) is 11.4. The summed E-state index contributed by atoms with van der Waals surface area (Å²) in [6.45, 7) is 0. The number of hydrogen-bond acceptors (Lipinski definition) is 3. The topological polar surface area (TPSA) is 34.0 Å². The van der Waals surface area contributed by atoms with E-state index in [4.69, 9.17) is 16.8 Å². The van der Waals surface area contributed by atoms with Crippen LogP contribution in [-0.4, -0.2) is 14.5 Å². The molecule has 1 aliphatic heterocycles. The van der Waals surface area contributed by atoms with Gasteiger partial charge in [-0.3, -0.25) is 0 Å². The van der Waals surface area contributed by atoms with Crippen LogP contribution in [0.5, 0.6) is 0 Å². The molecule has 0 saturated heterocycles. The van der Waals surface area contributed by atoms with Crippen LogP contribution in [-0.2, 0) is 0 Å². The van der Waals surface area contributed by atoms with Crippen LogP contribution in [0.3, 0.4) is 0 Å². The number of para-hydroxylation sites is 4. The van der Waals surface area contributed by atoms with Gasteiger partial charge in [0.1, 0.15) is 0 Å². The summed E-state index contributed by atoms with van der Waals surface area (Å²) >= 11 is 0. The van der Waals surface area contributed by atoms with E-state index in [1.165, 1.54) is 10.8 Å². The SMILES string of the molecule is [2H]c1c([2H])c([2H])c(-c2nc(N3c4ccccc4C4C=C(c5ccc6c7ccccc7n(-c7ccccc7)c6c5)c5ccccc5C43)nc3ccccc23)c([2H])c1[2H]. The van der Waals surface area contributed by atoms with Crippen molar-refractivity contribution in [3.05, 3.63) is 204 Å². The number of rotatable bonds is 4. The van der Waals surface area contributed by atoms with Gasteiger partial charge in [-0.25, -0.2) is 9.97 Å². The van der Waals surface area contributed by atoms with E-state index in [0.29, 0.717) is 22.5 Å². The van der Waals surface area contributed by atoms with Crippen LogP contribution in [0.4, 0.5) is 11.6 Å². The molecule has 0 radical (unpaired) electrons. The quantitative estimate of drug-likeness (QED) is 0.187. The van der Waals surface area contributed by atoms with Gasteiger partial charge in [0.2, 0.25) is 5.95 Å². The maximum absolute atomic E-state index is 8.88. The smallest absolute Gasteiger partial charge is 0.231 e. The molecule has 7 aromatic carbocycles. The molecule has 2 aromatic heterocycles. The summed E-state index contributed by atoms with van der Waals surface area (Å²) in [6.07, 6.45) is 2.39. The lowest BCUT2D eigenvalue weighted by Crippen LogP contribution is -2.26. The molecule has 0 fully saturated rings. The van der Waals surface area contributed by atoms with Crippen molar-refractivity contribution in [2.45, 2.75) is 12.0 Å². The fourth-order valence-electron chi connectivity index (χ4n) is 8.46. The van der Waals surface area contributed by atoms with Gasteiger partial charge in [0, 0.05) is 39.0 Å². The molecule has 2 unspecified atom stereocenters. The Bertz CT molecular complexity index is 3140. The Morgan fingerprint density at radius 3 is 2.15 bits per heavy atom. The van der Waals surface area contributed by atoms with E-state index in [-0.39, 0.29) is 29.6 Å². The molecule has 244 valence electrons. The summed E-state index contributed by atoms with van der Waals surface area (Å²) in [4.78, 5) is 12.5. The van der Waals surface area contributed by atoms with Gasteiger partial charge in [0.05, 0.1) is 35.1 Å². The molecule has 0 N–H and O–H groups in total. The third-order valence-corrected chi connectivity index (χ3v) is 10.6. The zero-order valence-electron chi connectivity index (χ0n) is 32.9. The predicted molar refractivity (Wildman–Crippen MR) is 213 cm³/mol. The minimum Gasteiger partial charge on any atom is -0.309 e. The zero-order valence-corrected chi connectivity index (χ0v) is 27.9. The normalized spacial score (nSPS) is 17.5. The molecule has 2 aliphatic rings. The lowest BCUT2D eigenvalue weighted by molar-refractivity contribution is 0.654. The largest absolute Gasteiger partial charge is 0.309 e.